The van der Waals surface area contributed by atoms with Crippen LogP contribution in [0.25, 0.3) is 0 Å². The maximum atomic E-state index is 11.0. The second-order valence-electron chi connectivity index (χ2n) is 7.14. The molecule has 158 valence electrons. The molecule has 0 spiro atoms. The Morgan fingerprint density at radius 3 is 2.17 bits per heavy atom. The van der Waals surface area contributed by atoms with Gasteiger partial charge in [0.2, 0.25) is 17.8 Å². The third-order valence-electron chi connectivity index (χ3n) is 5.05. The number of hydrogen-bond donors (Lipinski definition) is 2. The number of benzene rings is 1. The molecule has 2 fully saturated rings. The van der Waals surface area contributed by atoms with E-state index in [4.69, 9.17) is 0 Å². The lowest BCUT2D eigenvalue weighted by Gasteiger charge is -2.20. The molecule has 0 radical (unpaired) electrons. The van der Waals surface area contributed by atoms with Crippen molar-refractivity contribution in [2.75, 3.05) is 41.4 Å². The number of hydrogen-bond acceptors (Lipinski definition) is 10. The highest BCUT2D eigenvalue weighted by molar-refractivity contribution is 9.10. The summed E-state index contributed by atoms with van der Waals surface area (Å²) in [5, 5.41) is 25.3. The van der Waals surface area contributed by atoms with E-state index in [0.29, 0.717) is 11.9 Å². The van der Waals surface area contributed by atoms with E-state index >= 15 is 0 Å². The van der Waals surface area contributed by atoms with E-state index in [1.807, 2.05) is 0 Å². The molecule has 2 saturated heterocycles. The smallest absolute Gasteiger partial charge is 0.271 e. The molecule has 1 aromatic heterocycles. The predicted octanol–water partition coefficient (Wildman–Crippen LogP) is 2.89. The summed E-state index contributed by atoms with van der Waals surface area (Å²) in [5.41, 5.74) is 2.81. The fourth-order valence-electron chi connectivity index (χ4n) is 3.49. The van der Waals surface area contributed by atoms with Gasteiger partial charge in [0.25, 0.3) is 5.69 Å². The van der Waals surface area contributed by atoms with Crippen molar-refractivity contribution in [3.05, 3.63) is 32.3 Å². The third-order valence-corrected chi connectivity index (χ3v) is 5.65. The first-order valence-electron chi connectivity index (χ1n) is 9.73. The molecule has 3 heterocycles. The van der Waals surface area contributed by atoms with E-state index in [9.17, 15) is 15.2 Å². The number of rotatable bonds is 6. The average molecular weight is 477 g/mol. The highest BCUT2D eigenvalue weighted by Gasteiger charge is 2.21. The van der Waals surface area contributed by atoms with Gasteiger partial charge in [-0.15, -0.1) is 0 Å². The van der Waals surface area contributed by atoms with Gasteiger partial charge in [-0.25, -0.2) is 5.43 Å². The summed E-state index contributed by atoms with van der Waals surface area (Å²) < 4.78 is 0.214. The monoisotopic (exact) mass is 476 g/mol. The number of anilines is 3. The quantitative estimate of drug-likeness (QED) is 0.366. The molecule has 2 aliphatic rings. The molecular formula is C18H21BrN8O3. The van der Waals surface area contributed by atoms with E-state index < -0.39 is 4.92 Å². The highest BCUT2D eigenvalue weighted by Crippen LogP contribution is 2.31. The zero-order chi connectivity index (χ0) is 21.1. The Balaban J connectivity index is 1.58. The van der Waals surface area contributed by atoms with Crippen LogP contribution in [-0.2, 0) is 0 Å². The fourth-order valence-corrected chi connectivity index (χ4v) is 3.95. The summed E-state index contributed by atoms with van der Waals surface area (Å²) >= 11 is 3.12. The number of aromatic hydroxyl groups is 1. The van der Waals surface area contributed by atoms with E-state index in [1.165, 1.54) is 18.3 Å². The number of phenolic OH excluding ortho intramolecular Hbond substituents is 1. The SMILES string of the molecule is O=[N+]([O-])c1cc(Br)c(O)c(/C=N/Nc2nc(N3CCCC3)nc(N3CCCC3)n2)c1. The van der Waals surface area contributed by atoms with Gasteiger partial charge in [0, 0.05) is 43.9 Å². The summed E-state index contributed by atoms with van der Waals surface area (Å²) in [6.07, 6.45) is 5.71. The van der Waals surface area contributed by atoms with E-state index in [2.05, 4.69) is 51.2 Å². The van der Waals surface area contributed by atoms with Crippen LogP contribution in [0.5, 0.6) is 5.75 Å². The van der Waals surface area contributed by atoms with Crippen LogP contribution in [0.4, 0.5) is 23.5 Å². The molecule has 4 rings (SSSR count). The maximum absolute atomic E-state index is 11.0. The lowest BCUT2D eigenvalue weighted by atomic mass is 10.2. The predicted molar refractivity (Wildman–Crippen MR) is 116 cm³/mol. The third kappa shape index (κ3) is 4.42. The Morgan fingerprint density at radius 2 is 1.63 bits per heavy atom. The Hall–Kier alpha value is -3.02. The standard InChI is InChI=1S/C18H21BrN8O3/c19-14-10-13(27(29)30)9-12(15(14)28)11-20-24-16-21-17(25-5-1-2-6-25)23-18(22-16)26-7-3-4-8-26/h9-11,28H,1-8H2,(H,21,22,23,24)/b20-11+. The van der Waals surface area contributed by atoms with Gasteiger partial charge in [-0.1, -0.05) is 0 Å². The van der Waals surface area contributed by atoms with Crippen LogP contribution in [0, 0.1) is 10.1 Å². The van der Waals surface area contributed by atoms with Crippen LogP contribution in [0.15, 0.2) is 21.7 Å². The van der Waals surface area contributed by atoms with Crippen LogP contribution < -0.4 is 15.2 Å². The zero-order valence-corrected chi connectivity index (χ0v) is 17.7. The normalized spacial score (nSPS) is 16.6. The van der Waals surface area contributed by atoms with Crippen molar-refractivity contribution in [1.82, 2.24) is 15.0 Å². The number of halogens is 1. The van der Waals surface area contributed by atoms with Gasteiger partial charge in [0.1, 0.15) is 5.75 Å². The summed E-state index contributed by atoms with van der Waals surface area (Å²) in [7, 11) is 0. The number of nitro groups is 1. The molecule has 2 N–H and O–H groups in total. The molecule has 0 saturated carbocycles. The van der Waals surface area contributed by atoms with Crippen molar-refractivity contribution in [3.8, 4) is 5.75 Å². The van der Waals surface area contributed by atoms with Gasteiger partial charge in [-0.2, -0.15) is 20.1 Å². The molecule has 30 heavy (non-hydrogen) atoms. The number of aromatic nitrogens is 3. The van der Waals surface area contributed by atoms with E-state index in [0.717, 1.165) is 51.9 Å². The van der Waals surface area contributed by atoms with Crippen LogP contribution >= 0.6 is 15.9 Å². The number of non-ortho nitro benzene ring substituents is 1. The Morgan fingerprint density at radius 1 is 1.07 bits per heavy atom. The lowest BCUT2D eigenvalue weighted by molar-refractivity contribution is -0.385. The molecule has 12 heteroatoms. The summed E-state index contributed by atoms with van der Waals surface area (Å²) in [4.78, 5) is 28.3. The summed E-state index contributed by atoms with van der Waals surface area (Å²) in [6.45, 7) is 3.62. The van der Waals surface area contributed by atoms with Crippen molar-refractivity contribution in [3.63, 3.8) is 0 Å². The minimum atomic E-state index is -0.536. The largest absolute Gasteiger partial charge is 0.506 e. The Labute approximate surface area is 181 Å². The van der Waals surface area contributed by atoms with Gasteiger partial charge in [0.05, 0.1) is 15.6 Å². The molecule has 1 aromatic carbocycles. The van der Waals surface area contributed by atoms with Gasteiger partial charge < -0.3 is 14.9 Å². The average Bonchev–Trinajstić information content (AvgIpc) is 3.45. The molecule has 2 aliphatic heterocycles. The Bertz CT molecular complexity index is 940. The summed E-state index contributed by atoms with van der Waals surface area (Å²) in [6, 6.07) is 2.47. The van der Waals surface area contributed by atoms with Crippen molar-refractivity contribution < 1.29 is 10.0 Å². The van der Waals surface area contributed by atoms with Crippen LogP contribution in [-0.4, -0.2) is 57.4 Å². The zero-order valence-electron chi connectivity index (χ0n) is 16.2. The number of nitrogens with one attached hydrogen (secondary N) is 1. The van der Waals surface area contributed by atoms with Crippen LogP contribution in [0.2, 0.25) is 0 Å². The van der Waals surface area contributed by atoms with Gasteiger partial charge in [-0.3, -0.25) is 10.1 Å². The first-order valence-corrected chi connectivity index (χ1v) is 10.5. The van der Waals surface area contributed by atoms with E-state index in [-0.39, 0.29) is 27.4 Å². The number of phenols is 1. The number of nitrogens with zero attached hydrogens (tertiary/aromatic N) is 7. The van der Waals surface area contributed by atoms with Crippen molar-refractivity contribution in [2.45, 2.75) is 25.7 Å². The second-order valence-corrected chi connectivity index (χ2v) is 7.99. The van der Waals surface area contributed by atoms with Crippen LogP contribution in [0.3, 0.4) is 0 Å². The molecule has 0 atom stereocenters. The molecule has 0 unspecified atom stereocenters. The second kappa shape index (κ2) is 8.78. The summed E-state index contributed by atoms with van der Waals surface area (Å²) in [5.74, 6) is 1.37. The number of hydrazone groups is 1. The van der Waals surface area contributed by atoms with Crippen LogP contribution in [0.1, 0.15) is 31.2 Å². The van der Waals surface area contributed by atoms with Crippen molar-refractivity contribution >= 4 is 45.7 Å². The van der Waals surface area contributed by atoms with Gasteiger partial charge >= 0.3 is 0 Å². The van der Waals surface area contributed by atoms with Gasteiger partial charge in [-0.05, 0) is 41.6 Å². The maximum Gasteiger partial charge on any atom is 0.271 e. The number of nitro benzene ring substituents is 1. The Kier molecular flexibility index (Phi) is 5.93. The van der Waals surface area contributed by atoms with Gasteiger partial charge in [0.15, 0.2) is 0 Å². The highest BCUT2D eigenvalue weighted by atomic mass is 79.9. The van der Waals surface area contributed by atoms with Crippen molar-refractivity contribution in [1.29, 1.82) is 0 Å². The molecule has 11 nitrogen and oxygen atoms in total. The van der Waals surface area contributed by atoms with Crippen molar-refractivity contribution in [2.24, 2.45) is 5.10 Å². The minimum Gasteiger partial charge on any atom is -0.506 e. The molecule has 2 aromatic rings. The first kappa shape index (κ1) is 20.3. The fraction of sp³-hybridized carbons (Fsp3) is 0.444. The molecular weight excluding hydrogens is 456 g/mol. The molecule has 0 bridgehead atoms. The molecule has 0 amide bonds. The first-order chi connectivity index (χ1) is 14.5. The minimum absolute atomic E-state index is 0.141. The van der Waals surface area contributed by atoms with E-state index in [1.54, 1.807) is 0 Å². The lowest BCUT2D eigenvalue weighted by Crippen LogP contribution is -2.25. The molecule has 0 aliphatic carbocycles. The topological polar surface area (TPSA) is 133 Å².